The number of benzene rings is 1. The summed E-state index contributed by atoms with van der Waals surface area (Å²) < 4.78 is 5.18. The predicted octanol–water partition coefficient (Wildman–Crippen LogP) is 2.90. The minimum atomic E-state index is 0.0991. The van der Waals surface area contributed by atoms with Crippen LogP contribution in [0.5, 0.6) is 5.75 Å². The summed E-state index contributed by atoms with van der Waals surface area (Å²) in [5.74, 6) is 1.28. The topological polar surface area (TPSA) is 41.5 Å². The van der Waals surface area contributed by atoms with Crippen LogP contribution in [-0.2, 0) is 0 Å². The summed E-state index contributed by atoms with van der Waals surface area (Å²) in [6, 6.07) is 7.89. The first-order valence-corrected chi connectivity index (χ1v) is 6.22. The Balaban J connectivity index is 2.66. The quantitative estimate of drug-likeness (QED) is 0.766. The van der Waals surface area contributed by atoms with Crippen molar-refractivity contribution in [3.63, 3.8) is 0 Å². The SMILES string of the molecule is CCCC(C)C(CO)Nc1cccc(OC)c1. The van der Waals surface area contributed by atoms with Gasteiger partial charge in [0.2, 0.25) is 0 Å². The number of ether oxygens (including phenoxy) is 1. The lowest BCUT2D eigenvalue weighted by Gasteiger charge is -2.24. The van der Waals surface area contributed by atoms with Crippen molar-refractivity contribution in [2.45, 2.75) is 32.7 Å². The minimum Gasteiger partial charge on any atom is -0.497 e. The van der Waals surface area contributed by atoms with E-state index in [4.69, 9.17) is 4.74 Å². The van der Waals surface area contributed by atoms with Gasteiger partial charge in [-0.3, -0.25) is 0 Å². The molecule has 0 bridgehead atoms. The van der Waals surface area contributed by atoms with E-state index in [0.717, 1.165) is 24.3 Å². The van der Waals surface area contributed by atoms with Crippen LogP contribution in [0.25, 0.3) is 0 Å². The third-order valence-corrected chi connectivity index (χ3v) is 3.05. The number of rotatable bonds is 7. The van der Waals surface area contributed by atoms with E-state index in [-0.39, 0.29) is 12.6 Å². The Kier molecular flexibility index (Phi) is 5.84. The molecule has 1 aromatic carbocycles. The van der Waals surface area contributed by atoms with Crippen LogP contribution in [0.2, 0.25) is 0 Å². The molecular formula is C14H23NO2. The highest BCUT2D eigenvalue weighted by atomic mass is 16.5. The van der Waals surface area contributed by atoms with Gasteiger partial charge in [-0.25, -0.2) is 0 Å². The second-order valence-corrected chi connectivity index (χ2v) is 4.43. The van der Waals surface area contributed by atoms with Crippen molar-refractivity contribution in [2.24, 2.45) is 5.92 Å². The summed E-state index contributed by atoms with van der Waals surface area (Å²) in [6.07, 6.45) is 2.25. The van der Waals surface area contributed by atoms with Crippen molar-refractivity contribution >= 4 is 5.69 Å². The summed E-state index contributed by atoms with van der Waals surface area (Å²) in [4.78, 5) is 0. The molecule has 0 saturated heterocycles. The van der Waals surface area contributed by atoms with Gasteiger partial charge in [0.15, 0.2) is 0 Å². The average Bonchev–Trinajstić information content (AvgIpc) is 2.36. The van der Waals surface area contributed by atoms with Gasteiger partial charge in [0, 0.05) is 11.8 Å². The monoisotopic (exact) mass is 237 g/mol. The standard InChI is InChI=1S/C14H23NO2/c1-4-6-11(2)14(10-16)15-12-7-5-8-13(9-12)17-3/h5,7-9,11,14-16H,4,6,10H2,1-3H3. The molecule has 1 aromatic rings. The smallest absolute Gasteiger partial charge is 0.120 e. The number of hydrogen-bond acceptors (Lipinski definition) is 3. The zero-order chi connectivity index (χ0) is 12.7. The summed E-state index contributed by atoms with van der Waals surface area (Å²) in [6.45, 7) is 4.48. The Morgan fingerprint density at radius 1 is 1.41 bits per heavy atom. The van der Waals surface area contributed by atoms with Crippen LogP contribution < -0.4 is 10.1 Å². The molecule has 0 heterocycles. The summed E-state index contributed by atoms with van der Waals surface area (Å²) in [5, 5.41) is 12.8. The maximum absolute atomic E-state index is 9.42. The van der Waals surface area contributed by atoms with Gasteiger partial charge in [-0.15, -0.1) is 0 Å². The van der Waals surface area contributed by atoms with Crippen LogP contribution in [0.3, 0.4) is 0 Å². The fourth-order valence-corrected chi connectivity index (χ4v) is 1.95. The molecule has 0 aliphatic rings. The number of methoxy groups -OCH3 is 1. The molecule has 0 saturated carbocycles. The second-order valence-electron chi connectivity index (χ2n) is 4.43. The molecular weight excluding hydrogens is 214 g/mol. The van der Waals surface area contributed by atoms with Crippen molar-refractivity contribution in [1.82, 2.24) is 0 Å². The Labute approximate surface area is 104 Å². The molecule has 0 amide bonds. The van der Waals surface area contributed by atoms with E-state index in [1.54, 1.807) is 7.11 Å². The fourth-order valence-electron chi connectivity index (χ4n) is 1.95. The van der Waals surface area contributed by atoms with E-state index >= 15 is 0 Å². The van der Waals surface area contributed by atoms with Crippen molar-refractivity contribution in [3.05, 3.63) is 24.3 Å². The predicted molar refractivity (Wildman–Crippen MR) is 71.6 cm³/mol. The zero-order valence-corrected chi connectivity index (χ0v) is 10.9. The molecule has 0 aliphatic carbocycles. The first kappa shape index (κ1) is 13.8. The van der Waals surface area contributed by atoms with Crippen LogP contribution >= 0.6 is 0 Å². The first-order valence-electron chi connectivity index (χ1n) is 6.22. The van der Waals surface area contributed by atoms with Gasteiger partial charge in [-0.05, 0) is 24.5 Å². The fraction of sp³-hybridized carbons (Fsp3) is 0.571. The van der Waals surface area contributed by atoms with E-state index in [2.05, 4.69) is 19.2 Å². The molecule has 17 heavy (non-hydrogen) atoms. The Hall–Kier alpha value is -1.22. The van der Waals surface area contributed by atoms with Gasteiger partial charge in [0.25, 0.3) is 0 Å². The lowest BCUT2D eigenvalue weighted by atomic mass is 9.97. The van der Waals surface area contributed by atoms with Crippen LogP contribution in [-0.4, -0.2) is 24.9 Å². The van der Waals surface area contributed by atoms with E-state index in [1.807, 2.05) is 24.3 Å². The van der Waals surface area contributed by atoms with Gasteiger partial charge < -0.3 is 15.2 Å². The molecule has 0 radical (unpaired) electrons. The summed E-state index contributed by atoms with van der Waals surface area (Å²) >= 11 is 0. The van der Waals surface area contributed by atoms with E-state index in [9.17, 15) is 5.11 Å². The third-order valence-electron chi connectivity index (χ3n) is 3.05. The third kappa shape index (κ3) is 4.27. The molecule has 0 aromatic heterocycles. The number of aliphatic hydroxyl groups excluding tert-OH is 1. The molecule has 2 unspecified atom stereocenters. The van der Waals surface area contributed by atoms with Crippen LogP contribution in [0.1, 0.15) is 26.7 Å². The lowest BCUT2D eigenvalue weighted by molar-refractivity contribution is 0.238. The number of nitrogens with one attached hydrogen (secondary N) is 1. The van der Waals surface area contributed by atoms with E-state index < -0.39 is 0 Å². The summed E-state index contributed by atoms with van der Waals surface area (Å²) in [5.41, 5.74) is 0.992. The van der Waals surface area contributed by atoms with Gasteiger partial charge in [-0.1, -0.05) is 26.3 Å². The van der Waals surface area contributed by atoms with Crippen molar-refractivity contribution < 1.29 is 9.84 Å². The minimum absolute atomic E-state index is 0.0991. The Morgan fingerprint density at radius 2 is 2.18 bits per heavy atom. The van der Waals surface area contributed by atoms with Crippen LogP contribution in [0.15, 0.2) is 24.3 Å². The normalized spacial score (nSPS) is 14.1. The highest BCUT2D eigenvalue weighted by Gasteiger charge is 2.15. The molecule has 96 valence electrons. The van der Waals surface area contributed by atoms with Crippen molar-refractivity contribution in [1.29, 1.82) is 0 Å². The van der Waals surface area contributed by atoms with Crippen molar-refractivity contribution in [2.75, 3.05) is 19.0 Å². The van der Waals surface area contributed by atoms with Crippen molar-refractivity contribution in [3.8, 4) is 5.75 Å². The molecule has 0 aliphatic heterocycles. The number of hydrogen-bond donors (Lipinski definition) is 2. The van der Waals surface area contributed by atoms with Crippen LogP contribution in [0.4, 0.5) is 5.69 Å². The number of aliphatic hydroxyl groups is 1. The largest absolute Gasteiger partial charge is 0.497 e. The van der Waals surface area contributed by atoms with Gasteiger partial charge >= 0.3 is 0 Å². The molecule has 2 N–H and O–H groups in total. The Morgan fingerprint density at radius 3 is 2.76 bits per heavy atom. The van der Waals surface area contributed by atoms with E-state index in [1.165, 1.54) is 0 Å². The first-order chi connectivity index (χ1) is 8.21. The molecule has 2 atom stereocenters. The maximum atomic E-state index is 9.42. The average molecular weight is 237 g/mol. The molecule has 3 nitrogen and oxygen atoms in total. The van der Waals surface area contributed by atoms with Gasteiger partial charge in [-0.2, -0.15) is 0 Å². The second kappa shape index (κ2) is 7.17. The molecule has 1 rings (SSSR count). The van der Waals surface area contributed by atoms with Gasteiger partial charge in [0.1, 0.15) is 5.75 Å². The highest BCUT2D eigenvalue weighted by molar-refractivity contribution is 5.48. The number of anilines is 1. The van der Waals surface area contributed by atoms with Crippen LogP contribution in [0, 0.1) is 5.92 Å². The zero-order valence-electron chi connectivity index (χ0n) is 10.9. The highest BCUT2D eigenvalue weighted by Crippen LogP contribution is 2.20. The maximum Gasteiger partial charge on any atom is 0.120 e. The van der Waals surface area contributed by atoms with Gasteiger partial charge in [0.05, 0.1) is 19.8 Å². The summed E-state index contributed by atoms with van der Waals surface area (Å²) in [7, 11) is 1.66. The van der Waals surface area contributed by atoms with E-state index in [0.29, 0.717) is 5.92 Å². The Bertz CT molecular complexity index is 328. The molecule has 0 spiro atoms. The lowest BCUT2D eigenvalue weighted by Crippen LogP contribution is -2.31. The molecule has 3 heteroatoms. The molecule has 0 fully saturated rings.